The summed E-state index contributed by atoms with van der Waals surface area (Å²) in [5.74, 6) is -1.77. The molecule has 0 saturated heterocycles. The molecule has 21 heavy (non-hydrogen) atoms. The molecule has 1 aromatic rings. The lowest BCUT2D eigenvalue weighted by Crippen LogP contribution is -2.38. The summed E-state index contributed by atoms with van der Waals surface area (Å²) in [5.41, 5.74) is -0.0889. The predicted octanol–water partition coefficient (Wildman–Crippen LogP) is 2.80. The highest BCUT2D eigenvalue weighted by atomic mass is 35.5. The Kier molecular flexibility index (Phi) is 5.32. The van der Waals surface area contributed by atoms with Crippen LogP contribution in [0.2, 0.25) is 5.02 Å². The number of nitrogens with one attached hydrogen (secondary N) is 2. The van der Waals surface area contributed by atoms with E-state index in [-0.39, 0.29) is 6.42 Å². The summed E-state index contributed by atoms with van der Waals surface area (Å²) in [4.78, 5) is 34.3. The fraction of sp³-hybridized carbons (Fsp3) is 0.357. The lowest BCUT2D eigenvalue weighted by molar-refractivity contribution is -0.149. The number of carbonyl (C=O) groups excluding carboxylic acids is 2. The number of benzene rings is 1. The number of halogens is 1. The molecule has 7 heteroatoms. The van der Waals surface area contributed by atoms with Crippen molar-refractivity contribution in [3.05, 3.63) is 28.8 Å². The fourth-order valence-corrected chi connectivity index (χ4v) is 1.72. The van der Waals surface area contributed by atoms with Gasteiger partial charge >= 0.3 is 12.0 Å². The third kappa shape index (κ3) is 4.75. The third-order valence-electron chi connectivity index (χ3n) is 2.95. The van der Waals surface area contributed by atoms with E-state index in [9.17, 15) is 14.4 Å². The Hall–Kier alpha value is -2.08. The Morgan fingerprint density at radius 3 is 2.48 bits per heavy atom. The monoisotopic (exact) mass is 312 g/mol. The van der Waals surface area contributed by atoms with Crippen molar-refractivity contribution in [1.82, 2.24) is 5.32 Å². The van der Waals surface area contributed by atoms with Gasteiger partial charge in [0.15, 0.2) is 0 Å². The third-order valence-corrected chi connectivity index (χ3v) is 3.36. The Morgan fingerprint density at radius 2 is 1.90 bits per heavy atom. The van der Waals surface area contributed by atoms with Crippen LogP contribution in [0.15, 0.2) is 18.2 Å². The van der Waals surface area contributed by atoms with Gasteiger partial charge in [-0.15, -0.1) is 0 Å². The number of aliphatic carboxylic acids is 1. The van der Waals surface area contributed by atoms with Crippen molar-refractivity contribution in [2.75, 3.05) is 5.32 Å². The van der Waals surface area contributed by atoms with E-state index in [0.29, 0.717) is 16.3 Å². The van der Waals surface area contributed by atoms with Crippen LogP contribution in [-0.2, 0) is 9.59 Å². The average Bonchev–Trinajstić information content (AvgIpc) is 2.33. The van der Waals surface area contributed by atoms with Crippen molar-refractivity contribution < 1.29 is 19.5 Å². The molecule has 6 nitrogen and oxygen atoms in total. The molecule has 0 aliphatic rings. The van der Waals surface area contributed by atoms with Gasteiger partial charge in [0.2, 0.25) is 5.91 Å². The van der Waals surface area contributed by atoms with Crippen LogP contribution in [0.5, 0.6) is 0 Å². The molecule has 0 aliphatic heterocycles. The maximum Gasteiger partial charge on any atom is 0.325 e. The van der Waals surface area contributed by atoms with E-state index in [1.807, 2.05) is 0 Å². The van der Waals surface area contributed by atoms with E-state index in [4.69, 9.17) is 16.7 Å². The van der Waals surface area contributed by atoms with Gasteiger partial charge in [0.25, 0.3) is 0 Å². The van der Waals surface area contributed by atoms with E-state index in [0.717, 1.165) is 0 Å². The van der Waals surface area contributed by atoms with Gasteiger partial charge in [0.05, 0.1) is 5.41 Å². The Bertz CT molecular complexity index is 584. The minimum absolute atomic E-state index is 0.301. The Morgan fingerprint density at radius 1 is 1.29 bits per heavy atom. The predicted molar refractivity (Wildman–Crippen MR) is 79.4 cm³/mol. The first kappa shape index (κ1) is 17.0. The minimum Gasteiger partial charge on any atom is -0.481 e. The topological polar surface area (TPSA) is 95.5 Å². The highest BCUT2D eigenvalue weighted by Gasteiger charge is 2.30. The summed E-state index contributed by atoms with van der Waals surface area (Å²) in [6.45, 7) is 4.55. The molecule has 0 fully saturated rings. The molecule has 0 spiro atoms. The first-order chi connectivity index (χ1) is 9.63. The number of amides is 3. The zero-order chi connectivity index (χ0) is 16.2. The first-order valence-corrected chi connectivity index (χ1v) is 6.60. The second kappa shape index (κ2) is 6.58. The smallest absolute Gasteiger partial charge is 0.325 e. The van der Waals surface area contributed by atoms with Crippen LogP contribution in [0, 0.1) is 12.3 Å². The van der Waals surface area contributed by atoms with Gasteiger partial charge in [0.1, 0.15) is 0 Å². The Balaban J connectivity index is 2.64. The number of carboxylic acids is 1. The highest BCUT2D eigenvalue weighted by molar-refractivity contribution is 6.31. The molecule has 0 bridgehead atoms. The van der Waals surface area contributed by atoms with Crippen molar-refractivity contribution in [2.45, 2.75) is 27.2 Å². The molecule has 0 heterocycles. The zero-order valence-electron chi connectivity index (χ0n) is 12.0. The number of urea groups is 1. The number of rotatable bonds is 4. The van der Waals surface area contributed by atoms with Crippen molar-refractivity contribution in [1.29, 1.82) is 0 Å². The van der Waals surface area contributed by atoms with Gasteiger partial charge in [-0.3, -0.25) is 14.9 Å². The number of hydrogen-bond acceptors (Lipinski definition) is 3. The largest absolute Gasteiger partial charge is 0.481 e. The van der Waals surface area contributed by atoms with Gasteiger partial charge in [0, 0.05) is 17.1 Å². The molecule has 0 saturated carbocycles. The lowest BCUT2D eigenvalue weighted by Gasteiger charge is -2.18. The molecule has 114 valence electrons. The summed E-state index contributed by atoms with van der Waals surface area (Å²) < 4.78 is 0. The van der Waals surface area contributed by atoms with E-state index in [2.05, 4.69) is 10.6 Å². The maximum atomic E-state index is 11.7. The second-order valence-corrected chi connectivity index (χ2v) is 5.69. The van der Waals surface area contributed by atoms with Crippen LogP contribution in [0.4, 0.5) is 10.5 Å². The van der Waals surface area contributed by atoms with Gasteiger partial charge in [-0.2, -0.15) is 0 Å². The van der Waals surface area contributed by atoms with Gasteiger partial charge in [-0.25, -0.2) is 4.79 Å². The van der Waals surface area contributed by atoms with E-state index < -0.39 is 23.3 Å². The summed E-state index contributed by atoms with van der Waals surface area (Å²) >= 11 is 5.92. The summed E-state index contributed by atoms with van der Waals surface area (Å²) in [6, 6.07) is 4.26. The number of anilines is 1. The number of carboxylic acid groups (broad SMARTS) is 1. The van der Waals surface area contributed by atoms with Crippen molar-refractivity contribution >= 4 is 35.2 Å². The molecule has 1 aromatic carbocycles. The summed E-state index contributed by atoms with van der Waals surface area (Å²) in [7, 11) is 0. The zero-order valence-corrected chi connectivity index (χ0v) is 12.7. The molecule has 0 atom stereocenters. The van der Waals surface area contributed by atoms with Gasteiger partial charge < -0.3 is 10.4 Å². The lowest BCUT2D eigenvalue weighted by atomic mass is 9.89. The van der Waals surface area contributed by atoms with Crippen molar-refractivity contribution in [3.63, 3.8) is 0 Å². The van der Waals surface area contributed by atoms with E-state index in [1.165, 1.54) is 13.8 Å². The van der Waals surface area contributed by atoms with Crippen LogP contribution in [0.3, 0.4) is 0 Å². The first-order valence-electron chi connectivity index (χ1n) is 6.23. The standard InChI is InChI=1S/C14H17ClN2O4/c1-8-9(15)5-4-6-10(8)16-13(21)17-11(18)7-14(2,3)12(19)20/h4-6H,7H2,1-3H3,(H,19,20)(H2,16,17,18,21). The number of imide groups is 1. The molecule has 0 aromatic heterocycles. The van der Waals surface area contributed by atoms with Crippen LogP contribution >= 0.6 is 11.6 Å². The van der Waals surface area contributed by atoms with Crippen LogP contribution in [0.1, 0.15) is 25.8 Å². The summed E-state index contributed by atoms with van der Waals surface area (Å²) in [5, 5.41) is 14.0. The number of carbonyl (C=O) groups is 3. The normalized spacial score (nSPS) is 10.9. The fourth-order valence-electron chi connectivity index (χ4n) is 1.54. The van der Waals surface area contributed by atoms with Crippen molar-refractivity contribution in [3.8, 4) is 0 Å². The maximum absolute atomic E-state index is 11.7. The van der Waals surface area contributed by atoms with Gasteiger partial charge in [-0.05, 0) is 38.5 Å². The molecule has 0 radical (unpaired) electrons. The molecule has 3 N–H and O–H groups in total. The molecule has 0 aliphatic carbocycles. The molecule has 0 unspecified atom stereocenters. The molecular weight excluding hydrogens is 296 g/mol. The second-order valence-electron chi connectivity index (χ2n) is 5.28. The van der Waals surface area contributed by atoms with E-state index in [1.54, 1.807) is 25.1 Å². The minimum atomic E-state index is -1.24. The number of hydrogen-bond donors (Lipinski definition) is 3. The van der Waals surface area contributed by atoms with E-state index >= 15 is 0 Å². The summed E-state index contributed by atoms with van der Waals surface area (Å²) in [6.07, 6.45) is -0.301. The molecule has 3 amide bonds. The van der Waals surface area contributed by atoms with Gasteiger partial charge in [-0.1, -0.05) is 17.7 Å². The highest BCUT2D eigenvalue weighted by Crippen LogP contribution is 2.23. The van der Waals surface area contributed by atoms with Crippen LogP contribution in [0.25, 0.3) is 0 Å². The van der Waals surface area contributed by atoms with Crippen LogP contribution < -0.4 is 10.6 Å². The Labute approximate surface area is 127 Å². The SMILES string of the molecule is Cc1c(Cl)cccc1NC(=O)NC(=O)CC(C)(C)C(=O)O. The van der Waals surface area contributed by atoms with Crippen molar-refractivity contribution in [2.24, 2.45) is 5.41 Å². The molecule has 1 rings (SSSR count). The average molecular weight is 313 g/mol. The molecular formula is C14H17ClN2O4. The van der Waals surface area contributed by atoms with Crippen LogP contribution in [-0.4, -0.2) is 23.0 Å². The quantitative estimate of drug-likeness (QED) is 0.796.